The van der Waals surface area contributed by atoms with E-state index >= 15 is 0 Å². The molecule has 0 fully saturated rings. The summed E-state index contributed by atoms with van der Waals surface area (Å²) in [6, 6.07) is 3.30. The third-order valence-corrected chi connectivity index (χ3v) is 3.53. The summed E-state index contributed by atoms with van der Waals surface area (Å²) in [5.41, 5.74) is 6.27. The minimum absolute atomic E-state index is 0.157. The molecule has 1 aromatic rings. The highest BCUT2D eigenvalue weighted by Gasteiger charge is 2.16. The van der Waals surface area contributed by atoms with Crippen LogP contribution >= 0.6 is 0 Å². The summed E-state index contributed by atoms with van der Waals surface area (Å²) in [7, 11) is 0. The van der Waals surface area contributed by atoms with Gasteiger partial charge in [-0.25, -0.2) is 4.98 Å². The molecule has 0 saturated carbocycles. The summed E-state index contributed by atoms with van der Waals surface area (Å²) in [5.74, 6) is -0.441. The lowest BCUT2D eigenvalue weighted by Crippen LogP contribution is -2.28. The molecule has 0 saturated heterocycles. The summed E-state index contributed by atoms with van der Waals surface area (Å²) in [4.78, 5) is 26.5. The SMILES string of the molecule is CC(C)C(CCNC(=O)c1ncccc1N)CCC(=O)O. The Bertz CT molecular complexity index is 489. The molecule has 0 bridgehead atoms. The van der Waals surface area contributed by atoms with Gasteiger partial charge in [-0.3, -0.25) is 9.59 Å². The third kappa shape index (κ3) is 5.81. The van der Waals surface area contributed by atoms with Crippen molar-refractivity contribution in [2.75, 3.05) is 12.3 Å². The first-order valence-corrected chi connectivity index (χ1v) is 7.12. The van der Waals surface area contributed by atoms with Crippen molar-refractivity contribution in [2.45, 2.75) is 33.1 Å². The summed E-state index contributed by atoms with van der Waals surface area (Å²) in [5, 5.41) is 11.5. The lowest BCUT2D eigenvalue weighted by molar-refractivity contribution is -0.137. The van der Waals surface area contributed by atoms with Crippen LogP contribution in [0.5, 0.6) is 0 Å². The second-order valence-corrected chi connectivity index (χ2v) is 5.42. The van der Waals surface area contributed by atoms with Gasteiger partial charge in [-0.1, -0.05) is 13.8 Å². The maximum absolute atomic E-state index is 11.9. The van der Waals surface area contributed by atoms with E-state index in [0.29, 0.717) is 24.6 Å². The van der Waals surface area contributed by atoms with Crippen molar-refractivity contribution in [3.8, 4) is 0 Å². The van der Waals surface area contributed by atoms with Gasteiger partial charge in [0.1, 0.15) is 0 Å². The Morgan fingerprint density at radius 1 is 1.38 bits per heavy atom. The molecule has 1 amide bonds. The number of nitrogen functional groups attached to an aromatic ring is 1. The first kappa shape index (κ1) is 16.9. The molecule has 0 aliphatic carbocycles. The van der Waals surface area contributed by atoms with Crippen molar-refractivity contribution in [3.05, 3.63) is 24.0 Å². The van der Waals surface area contributed by atoms with E-state index in [-0.39, 0.29) is 23.9 Å². The zero-order chi connectivity index (χ0) is 15.8. The topological polar surface area (TPSA) is 105 Å². The molecule has 0 aliphatic rings. The number of aliphatic carboxylic acids is 1. The molecule has 1 atom stereocenters. The fourth-order valence-corrected chi connectivity index (χ4v) is 2.18. The van der Waals surface area contributed by atoms with Gasteiger partial charge < -0.3 is 16.2 Å². The minimum atomic E-state index is -0.786. The van der Waals surface area contributed by atoms with Crippen LogP contribution in [0.4, 0.5) is 5.69 Å². The second-order valence-electron chi connectivity index (χ2n) is 5.42. The third-order valence-electron chi connectivity index (χ3n) is 3.53. The average molecular weight is 293 g/mol. The van der Waals surface area contributed by atoms with E-state index in [2.05, 4.69) is 24.1 Å². The number of nitrogens with two attached hydrogens (primary N) is 1. The normalized spacial score (nSPS) is 12.1. The molecule has 21 heavy (non-hydrogen) atoms. The van der Waals surface area contributed by atoms with Crippen LogP contribution in [-0.2, 0) is 4.79 Å². The molecular weight excluding hydrogens is 270 g/mol. The number of carboxylic acids is 1. The fourth-order valence-electron chi connectivity index (χ4n) is 2.18. The molecule has 1 aromatic heterocycles. The molecule has 6 heteroatoms. The maximum Gasteiger partial charge on any atom is 0.303 e. The number of hydrogen-bond donors (Lipinski definition) is 3. The summed E-state index contributed by atoms with van der Waals surface area (Å²) >= 11 is 0. The zero-order valence-electron chi connectivity index (χ0n) is 12.5. The van der Waals surface area contributed by atoms with Gasteiger partial charge in [-0.2, -0.15) is 0 Å². The molecule has 1 rings (SSSR count). The highest BCUT2D eigenvalue weighted by Crippen LogP contribution is 2.20. The molecule has 116 valence electrons. The number of nitrogens with one attached hydrogen (secondary N) is 1. The Hall–Kier alpha value is -2.11. The predicted octanol–water partition coefficient (Wildman–Crippen LogP) is 1.92. The van der Waals surface area contributed by atoms with Crippen LogP contribution in [0.3, 0.4) is 0 Å². The van der Waals surface area contributed by atoms with Crippen LogP contribution in [0.25, 0.3) is 0 Å². The number of carbonyl (C=O) groups is 2. The number of hydrogen-bond acceptors (Lipinski definition) is 4. The van der Waals surface area contributed by atoms with Crippen LogP contribution in [-0.4, -0.2) is 28.5 Å². The summed E-state index contributed by atoms with van der Waals surface area (Å²) in [6.45, 7) is 4.60. The van der Waals surface area contributed by atoms with Crippen molar-refractivity contribution < 1.29 is 14.7 Å². The number of carbonyl (C=O) groups excluding carboxylic acids is 1. The highest BCUT2D eigenvalue weighted by atomic mass is 16.4. The Morgan fingerprint density at radius 2 is 2.10 bits per heavy atom. The van der Waals surface area contributed by atoms with E-state index in [9.17, 15) is 9.59 Å². The Morgan fingerprint density at radius 3 is 2.67 bits per heavy atom. The first-order valence-electron chi connectivity index (χ1n) is 7.12. The Balaban J connectivity index is 2.45. The maximum atomic E-state index is 11.9. The second kappa shape index (κ2) is 8.24. The standard InChI is InChI=1S/C15H23N3O3/c1-10(2)11(5-6-13(19)20)7-9-18-15(21)14-12(16)4-3-8-17-14/h3-4,8,10-11H,5-7,9,16H2,1-2H3,(H,18,21)(H,19,20). The molecule has 1 heterocycles. The Labute approximate surface area is 124 Å². The van der Waals surface area contributed by atoms with Gasteiger partial charge >= 0.3 is 5.97 Å². The molecule has 0 spiro atoms. The van der Waals surface area contributed by atoms with Gasteiger partial charge in [-0.05, 0) is 36.8 Å². The summed E-state index contributed by atoms with van der Waals surface area (Å²) in [6.07, 6.45) is 3.04. The number of nitrogens with zero attached hydrogens (tertiary/aromatic N) is 1. The number of amides is 1. The lowest BCUT2D eigenvalue weighted by atomic mass is 9.88. The van der Waals surface area contributed by atoms with Gasteiger partial charge in [-0.15, -0.1) is 0 Å². The number of aromatic nitrogens is 1. The van der Waals surface area contributed by atoms with Crippen LogP contribution in [0.15, 0.2) is 18.3 Å². The zero-order valence-corrected chi connectivity index (χ0v) is 12.5. The van der Waals surface area contributed by atoms with E-state index in [0.717, 1.165) is 6.42 Å². The van der Waals surface area contributed by atoms with E-state index in [4.69, 9.17) is 10.8 Å². The molecule has 4 N–H and O–H groups in total. The van der Waals surface area contributed by atoms with Crippen LogP contribution in [0.1, 0.15) is 43.6 Å². The van der Waals surface area contributed by atoms with Crippen LogP contribution in [0, 0.1) is 11.8 Å². The minimum Gasteiger partial charge on any atom is -0.481 e. The average Bonchev–Trinajstić information content (AvgIpc) is 2.42. The van der Waals surface area contributed by atoms with Gasteiger partial charge in [0.15, 0.2) is 5.69 Å². The number of pyridine rings is 1. The molecule has 0 aromatic carbocycles. The molecular formula is C15H23N3O3. The van der Waals surface area contributed by atoms with E-state index in [1.54, 1.807) is 12.1 Å². The van der Waals surface area contributed by atoms with Crippen molar-refractivity contribution >= 4 is 17.6 Å². The first-order chi connectivity index (χ1) is 9.91. The van der Waals surface area contributed by atoms with E-state index in [1.807, 2.05) is 0 Å². The van der Waals surface area contributed by atoms with Crippen molar-refractivity contribution in [3.63, 3.8) is 0 Å². The monoisotopic (exact) mass is 293 g/mol. The molecule has 0 aliphatic heterocycles. The number of rotatable bonds is 8. The van der Waals surface area contributed by atoms with Crippen molar-refractivity contribution in [2.24, 2.45) is 11.8 Å². The largest absolute Gasteiger partial charge is 0.481 e. The van der Waals surface area contributed by atoms with Crippen LogP contribution < -0.4 is 11.1 Å². The molecule has 6 nitrogen and oxygen atoms in total. The van der Waals surface area contributed by atoms with Gasteiger partial charge in [0.25, 0.3) is 5.91 Å². The van der Waals surface area contributed by atoms with Crippen molar-refractivity contribution in [1.82, 2.24) is 10.3 Å². The Kier molecular flexibility index (Phi) is 6.65. The quantitative estimate of drug-likeness (QED) is 0.679. The molecule has 1 unspecified atom stereocenters. The number of carboxylic acid groups (broad SMARTS) is 1. The predicted molar refractivity (Wildman–Crippen MR) is 80.8 cm³/mol. The fraction of sp³-hybridized carbons (Fsp3) is 0.533. The van der Waals surface area contributed by atoms with Gasteiger partial charge in [0, 0.05) is 19.2 Å². The van der Waals surface area contributed by atoms with E-state index < -0.39 is 5.97 Å². The highest BCUT2D eigenvalue weighted by molar-refractivity contribution is 5.96. The van der Waals surface area contributed by atoms with Gasteiger partial charge in [0.05, 0.1) is 5.69 Å². The van der Waals surface area contributed by atoms with Crippen molar-refractivity contribution in [1.29, 1.82) is 0 Å². The number of anilines is 1. The van der Waals surface area contributed by atoms with Gasteiger partial charge in [0.2, 0.25) is 0 Å². The summed E-state index contributed by atoms with van der Waals surface area (Å²) < 4.78 is 0. The smallest absolute Gasteiger partial charge is 0.303 e. The molecule has 0 radical (unpaired) electrons. The van der Waals surface area contributed by atoms with E-state index in [1.165, 1.54) is 6.20 Å². The van der Waals surface area contributed by atoms with Crippen LogP contribution in [0.2, 0.25) is 0 Å². The lowest BCUT2D eigenvalue weighted by Gasteiger charge is -2.20.